The Morgan fingerprint density at radius 2 is 1.86 bits per heavy atom. The number of carbonyl (C=O) groups excluding carboxylic acids is 1. The molecule has 1 atom stereocenters. The van der Waals surface area contributed by atoms with Gasteiger partial charge in [0.05, 0.1) is 23.4 Å². The van der Waals surface area contributed by atoms with Crippen molar-refractivity contribution >= 4 is 44.2 Å². The first-order valence-corrected chi connectivity index (χ1v) is 13.7. The molecular formula is C26H27ClN4O5S. The van der Waals surface area contributed by atoms with E-state index in [0.29, 0.717) is 27.9 Å². The van der Waals surface area contributed by atoms with E-state index in [0.717, 1.165) is 23.1 Å². The predicted octanol–water partition coefficient (Wildman–Crippen LogP) is 4.63. The Morgan fingerprint density at radius 3 is 2.49 bits per heavy atom. The Labute approximate surface area is 219 Å². The molecule has 4 rings (SSSR count). The number of nitrogens with one attached hydrogen (secondary N) is 2. The van der Waals surface area contributed by atoms with E-state index in [1.807, 2.05) is 55.4 Å². The molecule has 0 aliphatic rings. The number of amides is 1. The van der Waals surface area contributed by atoms with E-state index in [-0.39, 0.29) is 22.0 Å². The summed E-state index contributed by atoms with van der Waals surface area (Å²) < 4.78 is 33.5. The van der Waals surface area contributed by atoms with Crippen LogP contribution < -0.4 is 15.5 Å². The third-order valence-corrected chi connectivity index (χ3v) is 6.98. The molecule has 194 valence electrons. The Bertz CT molecular complexity index is 1720. The summed E-state index contributed by atoms with van der Waals surface area (Å²) in [6.07, 6.45) is 2.78. The van der Waals surface area contributed by atoms with Crippen LogP contribution in [0.1, 0.15) is 45.8 Å². The summed E-state index contributed by atoms with van der Waals surface area (Å²) in [5.74, 6) is -0.424. The molecule has 37 heavy (non-hydrogen) atoms. The van der Waals surface area contributed by atoms with Crippen molar-refractivity contribution in [1.29, 1.82) is 0 Å². The molecule has 0 radical (unpaired) electrons. The molecule has 11 heteroatoms. The highest BCUT2D eigenvalue weighted by Gasteiger charge is 2.23. The molecular weight excluding hydrogens is 516 g/mol. The molecule has 0 unspecified atom stereocenters. The molecule has 0 aliphatic carbocycles. The molecule has 0 saturated heterocycles. The van der Waals surface area contributed by atoms with Gasteiger partial charge in [0.1, 0.15) is 16.5 Å². The molecule has 9 nitrogen and oxygen atoms in total. The lowest BCUT2D eigenvalue weighted by atomic mass is 9.98. The first-order chi connectivity index (χ1) is 17.3. The average Bonchev–Trinajstić information content (AvgIpc) is 3.14. The van der Waals surface area contributed by atoms with Crippen molar-refractivity contribution in [3.8, 4) is 11.3 Å². The molecule has 3 aromatic heterocycles. The fraction of sp³-hybridized carbons (Fsp3) is 0.269. The second kappa shape index (κ2) is 9.68. The summed E-state index contributed by atoms with van der Waals surface area (Å²) in [7, 11) is -1.90. The molecule has 1 aromatic carbocycles. The number of hydrogen-bond acceptors (Lipinski definition) is 7. The number of anilines is 1. The van der Waals surface area contributed by atoms with E-state index in [4.69, 9.17) is 16.0 Å². The third kappa shape index (κ3) is 5.26. The van der Waals surface area contributed by atoms with Gasteiger partial charge in [-0.3, -0.25) is 9.59 Å². The molecule has 2 N–H and O–H groups in total. The molecule has 3 heterocycles. The van der Waals surface area contributed by atoms with Crippen LogP contribution in [-0.2, 0) is 17.1 Å². The average molecular weight is 543 g/mol. The molecule has 0 fully saturated rings. The number of aromatic nitrogens is 2. The fourth-order valence-electron chi connectivity index (χ4n) is 4.25. The molecule has 0 bridgehead atoms. The zero-order valence-corrected chi connectivity index (χ0v) is 22.8. The smallest absolute Gasteiger partial charge is 0.285 e. The number of rotatable bonds is 6. The predicted molar refractivity (Wildman–Crippen MR) is 145 cm³/mol. The molecule has 0 aliphatic heterocycles. The van der Waals surface area contributed by atoms with Gasteiger partial charge in [0.2, 0.25) is 10.0 Å². The zero-order valence-electron chi connectivity index (χ0n) is 21.3. The van der Waals surface area contributed by atoms with Crippen LogP contribution in [0.2, 0.25) is 5.15 Å². The van der Waals surface area contributed by atoms with Crippen molar-refractivity contribution in [3.63, 3.8) is 0 Å². The maximum atomic E-state index is 13.4. The maximum absolute atomic E-state index is 13.4. The summed E-state index contributed by atoms with van der Waals surface area (Å²) >= 11 is 5.99. The lowest BCUT2D eigenvalue weighted by Gasteiger charge is -2.20. The highest BCUT2D eigenvalue weighted by molar-refractivity contribution is 7.89. The number of hydrogen-bond donors (Lipinski definition) is 2. The number of pyridine rings is 1. The van der Waals surface area contributed by atoms with E-state index >= 15 is 0 Å². The monoisotopic (exact) mass is 542 g/mol. The van der Waals surface area contributed by atoms with Crippen molar-refractivity contribution < 1.29 is 17.6 Å². The topological polar surface area (TPSA) is 123 Å². The summed E-state index contributed by atoms with van der Waals surface area (Å²) in [5.41, 5.74) is 4.22. The highest BCUT2D eigenvalue weighted by atomic mass is 35.5. The van der Waals surface area contributed by atoms with Gasteiger partial charge in [0.25, 0.3) is 5.91 Å². The molecule has 0 saturated carbocycles. The molecule has 1 amide bonds. The van der Waals surface area contributed by atoms with Gasteiger partial charge < -0.3 is 14.3 Å². The summed E-state index contributed by atoms with van der Waals surface area (Å²) in [6, 6.07) is 8.17. The number of benzene rings is 1. The van der Waals surface area contributed by atoms with E-state index in [1.165, 1.54) is 6.07 Å². The Hall–Kier alpha value is -3.63. The Balaban J connectivity index is 1.85. The number of fused-ring (bicyclic) bond motifs is 1. The quantitative estimate of drug-likeness (QED) is 0.340. The normalized spacial score (nSPS) is 12.5. The SMILES string of the molecule is Cc1cc([C@@H](C)Nc2ccc(Cl)nc2C(=O)NS(C)(=O)=O)c2oc(-c3ccn(C)c3C)c(C)c(=O)c2c1. The van der Waals surface area contributed by atoms with Crippen molar-refractivity contribution in [2.75, 3.05) is 11.6 Å². The van der Waals surface area contributed by atoms with Crippen molar-refractivity contribution in [2.45, 2.75) is 33.7 Å². The van der Waals surface area contributed by atoms with E-state index in [2.05, 4.69) is 10.3 Å². The second-order valence-electron chi connectivity index (χ2n) is 9.14. The van der Waals surface area contributed by atoms with Crippen LogP contribution in [0, 0.1) is 20.8 Å². The van der Waals surface area contributed by atoms with Crippen LogP contribution in [-0.4, -0.2) is 30.1 Å². The van der Waals surface area contributed by atoms with Crippen LogP contribution in [0.5, 0.6) is 0 Å². The van der Waals surface area contributed by atoms with E-state index in [1.54, 1.807) is 19.1 Å². The Kier molecular flexibility index (Phi) is 6.91. The zero-order chi connectivity index (χ0) is 27.2. The number of carbonyl (C=O) groups is 1. The van der Waals surface area contributed by atoms with Crippen molar-refractivity contribution in [1.82, 2.24) is 14.3 Å². The van der Waals surface area contributed by atoms with Gasteiger partial charge in [-0.15, -0.1) is 0 Å². The molecule has 0 spiro atoms. The Morgan fingerprint density at radius 1 is 1.16 bits per heavy atom. The third-order valence-electron chi connectivity index (χ3n) is 6.21. The minimum atomic E-state index is -3.82. The van der Waals surface area contributed by atoms with Crippen molar-refractivity contribution in [2.24, 2.45) is 7.05 Å². The standard InChI is InChI=1S/C26H27ClN4O5S/c1-13-11-18(15(3)28-20-7-8-21(27)29-22(20)26(33)30-37(6,34)35)25-19(12-13)23(32)14(2)24(36-25)17-9-10-31(5)16(17)4/h7-12,15,28H,1-6H3,(H,30,33)/t15-/m1/s1. The number of aryl methyl sites for hydroxylation is 2. The van der Waals surface area contributed by atoms with Gasteiger partial charge in [-0.05, 0) is 57.5 Å². The van der Waals surface area contributed by atoms with E-state index < -0.39 is 22.0 Å². The largest absolute Gasteiger partial charge is 0.455 e. The van der Waals surface area contributed by atoms with E-state index in [9.17, 15) is 18.0 Å². The second-order valence-corrected chi connectivity index (χ2v) is 11.3. The van der Waals surface area contributed by atoms with Crippen molar-refractivity contribution in [3.05, 3.63) is 80.0 Å². The first-order valence-electron chi connectivity index (χ1n) is 11.4. The van der Waals surface area contributed by atoms with Gasteiger partial charge in [0, 0.05) is 35.6 Å². The van der Waals surface area contributed by atoms with Crippen LogP contribution in [0.4, 0.5) is 5.69 Å². The summed E-state index contributed by atoms with van der Waals surface area (Å²) in [5, 5.41) is 3.68. The lowest BCUT2D eigenvalue weighted by Crippen LogP contribution is -2.31. The minimum absolute atomic E-state index is 0.0298. The summed E-state index contributed by atoms with van der Waals surface area (Å²) in [4.78, 5) is 30.1. The van der Waals surface area contributed by atoms with Crippen LogP contribution >= 0.6 is 11.6 Å². The first kappa shape index (κ1) is 26.4. The minimum Gasteiger partial charge on any atom is -0.455 e. The maximum Gasteiger partial charge on any atom is 0.285 e. The van der Waals surface area contributed by atoms with Gasteiger partial charge >= 0.3 is 0 Å². The van der Waals surface area contributed by atoms with Crippen LogP contribution in [0.15, 0.2) is 45.7 Å². The van der Waals surface area contributed by atoms with Crippen LogP contribution in [0.3, 0.4) is 0 Å². The highest BCUT2D eigenvalue weighted by Crippen LogP contribution is 2.34. The number of sulfonamides is 1. The van der Waals surface area contributed by atoms with Gasteiger partial charge in [-0.1, -0.05) is 17.7 Å². The lowest BCUT2D eigenvalue weighted by molar-refractivity contribution is 0.0977. The van der Waals surface area contributed by atoms with Gasteiger partial charge in [0.15, 0.2) is 11.1 Å². The number of halogens is 1. The number of nitrogens with zero attached hydrogens (tertiary/aromatic N) is 2. The molecule has 4 aromatic rings. The van der Waals surface area contributed by atoms with Gasteiger partial charge in [-0.2, -0.15) is 0 Å². The van der Waals surface area contributed by atoms with Gasteiger partial charge in [-0.25, -0.2) is 18.1 Å². The fourth-order valence-corrected chi connectivity index (χ4v) is 4.83. The van der Waals surface area contributed by atoms with Crippen LogP contribution in [0.25, 0.3) is 22.3 Å². The summed E-state index contributed by atoms with van der Waals surface area (Å²) in [6.45, 7) is 7.43.